The summed E-state index contributed by atoms with van der Waals surface area (Å²) < 4.78 is 5.61. The van der Waals surface area contributed by atoms with E-state index in [0.717, 1.165) is 18.0 Å². The van der Waals surface area contributed by atoms with Gasteiger partial charge in [-0.05, 0) is 13.8 Å². The quantitative estimate of drug-likeness (QED) is 0.620. The molecule has 0 bridgehead atoms. The van der Waals surface area contributed by atoms with Gasteiger partial charge >= 0.3 is 0 Å². The van der Waals surface area contributed by atoms with E-state index >= 15 is 0 Å². The molecule has 2 N–H and O–H groups in total. The van der Waals surface area contributed by atoms with Gasteiger partial charge in [0.15, 0.2) is 0 Å². The maximum absolute atomic E-state index is 5.61. The molecule has 1 rings (SSSR count). The number of nitrogens with one attached hydrogen (secondary N) is 2. The molecule has 0 aromatic carbocycles. The molecule has 0 atom stereocenters. The Morgan fingerprint density at radius 2 is 1.91 bits per heavy atom. The molecule has 0 saturated carbocycles. The smallest absolute Gasteiger partial charge is 0.206 e. The second-order valence-corrected chi connectivity index (χ2v) is 3.35. The molecule has 0 saturated heterocycles. The lowest BCUT2D eigenvalue weighted by atomic mass is 10.1. The molecule has 1 aliphatic rings. The predicted molar refractivity (Wildman–Crippen MR) is 44.9 cm³/mol. The van der Waals surface area contributed by atoms with Gasteiger partial charge in [-0.3, -0.25) is 0 Å². The Morgan fingerprint density at radius 3 is 2.27 bits per heavy atom. The molecule has 0 spiro atoms. The molecule has 0 radical (unpaired) electrons. The van der Waals surface area contributed by atoms with E-state index in [9.17, 15) is 0 Å². The first kappa shape index (κ1) is 8.24. The van der Waals surface area contributed by atoms with Crippen LogP contribution in [0.1, 0.15) is 20.3 Å². The lowest BCUT2D eigenvalue weighted by Gasteiger charge is -2.18. The molecular formula is C8H16N2O. The van der Waals surface area contributed by atoms with Gasteiger partial charge in [0.25, 0.3) is 0 Å². The van der Waals surface area contributed by atoms with Crippen molar-refractivity contribution in [3.63, 3.8) is 0 Å². The summed E-state index contributed by atoms with van der Waals surface area (Å²) >= 11 is 0. The maximum Gasteiger partial charge on any atom is 0.206 e. The van der Waals surface area contributed by atoms with Crippen molar-refractivity contribution in [2.24, 2.45) is 0 Å². The van der Waals surface area contributed by atoms with Crippen molar-refractivity contribution in [2.75, 3.05) is 14.1 Å². The summed E-state index contributed by atoms with van der Waals surface area (Å²) in [5.74, 6) is 0.873. The monoisotopic (exact) mass is 156 g/mol. The molecule has 1 aliphatic heterocycles. The fraction of sp³-hybridized carbons (Fsp3) is 0.750. The third kappa shape index (κ3) is 1.59. The van der Waals surface area contributed by atoms with Crippen LogP contribution >= 0.6 is 0 Å². The van der Waals surface area contributed by atoms with E-state index in [1.807, 2.05) is 14.1 Å². The van der Waals surface area contributed by atoms with Crippen LogP contribution < -0.4 is 10.6 Å². The van der Waals surface area contributed by atoms with Crippen molar-refractivity contribution in [3.8, 4) is 0 Å². The van der Waals surface area contributed by atoms with Gasteiger partial charge in [-0.25, -0.2) is 0 Å². The van der Waals surface area contributed by atoms with Crippen LogP contribution in [0.5, 0.6) is 0 Å². The summed E-state index contributed by atoms with van der Waals surface area (Å²) in [6, 6.07) is 0. The normalized spacial score (nSPS) is 21.5. The van der Waals surface area contributed by atoms with E-state index in [1.54, 1.807) is 0 Å². The van der Waals surface area contributed by atoms with E-state index in [4.69, 9.17) is 4.74 Å². The molecule has 0 aliphatic carbocycles. The molecule has 64 valence electrons. The van der Waals surface area contributed by atoms with Gasteiger partial charge in [0, 0.05) is 20.5 Å². The first-order valence-electron chi connectivity index (χ1n) is 3.87. The second-order valence-electron chi connectivity index (χ2n) is 3.35. The average molecular weight is 156 g/mol. The van der Waals surface area contributed by atoms with Gasteiger partial charge in [0.2, 0.25) is 5.88 Å². The first-order chi connectivity index (χ1) is 5.09. The SMILES string of the molecule is CNC1=C(NC)OC(C)(C)C1. The van der Waals surface area contributed by atoms with Crippen molar-refractivity contribution < 1.29 is 4.74 Å². The Labute approximate surface area is 67.8 Å². The lowest BCUT2D eigenvalue weighted by molar-refractivity contribution is 0.0528. The van der Waals surface area contributed by atoms with Crippen LogP contribution in [0.15, 0.2) is 11.6 Å². The van der Waals surface area contributed by atoms with Gasteiger partial charge in [0.1, 0.15) is 5.60 Å². The first-order valence-corrected chi connectivity index (χ1v) is 3.87. The molecule has 0 amide bonds. The molecule has 0 aromatic heterocycles. The largest absolute Gasteiger partial charge is 0.472 e. The molecule has 1 heterocycles. The molecule has 0 unspecified atom stereocenters. The minimum Gasteiger partial charge on any atom is -0.472 e. The molecule has 0 fully saturated rings. The summed E-state index contributed by atoms with van der Waals surface area (Å²) in [7, 11) is 3.78. The highest BCUT2D eigenvalue weighted by molar-refractivity contribution is 5.14. The summed E-state index contributed by atoms with van der Waals surface area (Å²) in [4.78, 5) is 0. The highest BCUT2D eigenvalue weighted by Crippen LogP contribution is 2.29. The van der Waals surface area contributed by atoms with Gasteiger partial charge in [-0.2, -0.15) is 0 Å². The second kappa shape index (κ2) is 2.64. The summed E-state index contributed by atoms with van der Waals surface area (Å²) in [5.41, 5.74) is 1.09. The van der Waals surface area contributed by atoms with Gasteiger partial charge in [-0.1, -0.05) is 0 Å². The van der Waals surface area contributed by atoms with E-state index in [2.05, 4.69) is 24.5 Å². The van der Waals surface area contributed by atoms with E-state index < -0.39 is 0 Å². The molecule has 3 heteroatoms. The molecule has 0 aromatic rings. The molecule has 11 heavy (non-hydrogen) atoms. The third-order valence-corrected chi connectivity index (χ3v) is 1.78. The minimum atomic E-state index is -0.0588. The van der Waals surface area contributed by atoms with E-state index in [0.29, 0.717) is 0 Å². The lowest BCUT2D eigenvalue weighted by Crippen LogP contribution is -2.20. The van der Waals surface area contributed by atoms with Crippen LogP contribution in [0.2, 0.25) is 0 Å². The topological polar surface area (TPSA) is 33.3 Å². The number of hydrogen-bond acceptors (Lipinski definition) is 3. The highest BCUT2D eigenvalue weighted by Gasteiger charge is 2.31. The standard InChI is InChI=1S/C8H16N2O/c1-8(2)5-6(9-3)7(10-4)11-8/h9-10H,5H2,1-4H3. The number of rotatable bonds is 2. The van der Waals surface area contributed by atoms with Crippen LogP contribution in [0.3, 0.4) is 0 Å². The van der Waals surface area contributed by atoms with E-state index in [1.165, 1.54) is 0 Å². The van der Waals surface area contributed by atoms with Crippen molar-refractivity contribution >= 4 is 0 Å². The van der Waals surface area contributed by atoms with Gasteiger partial charge in [0.05, 0.1) is 5.70 Å². The van der Waals surface area contributed by atoms with Crippen LogP contribution in [0.4, 0.5) is 0 Å². The van der Waals surface area contributed by atoms with Crippen molar-refractivity contribution in [3.05, 3.63) is 11.6 Å². The zero-order valence-corrected chi connectivity index (χ0v) is 7.62. The average Bonchev–Trinajstić information content (AvgIpc) is 2.25. The van der Waals surface area contributed by atoms with E-state index in [-0.39, 0.29) is 5.60 Å². The molecule has 3 nitrogen and oxygen atoms in total. The summed E-state index contributed by atoms with van der Waals surface area (Å²) in [6.45, 7) is 4.16. The van der Waals surface area contributed by atoms with Crippen LogP contribution in [0, 0.1) is 0 Å². The Balaban J connectivity index is 2.71. The van der Waals surface area contributed by atoms with Gasteiger partial charge < -0.3 is 15.4 Å². The van der Waals surface area contributed by atoms with Crippen LogP contribution in [-0.2, 0) is 4.74 Å². The highest BCUT2D eigenvalue weighted by atomic mass is 16.5. The Kier molecular flexibility index (Phi) is 1.98. The zero-order chi connectivity index (χ0) is 8.48. The zero-order valence-electron chi connectivity index (χ0n) is 7.62. The van der Waals surface area contributed by atoms with Crippen LogP contribution in [0.25, 0.3) is 0 Å². The number of hydrogen-bond donors (Lipinski definition) is 2. The van der Waals surface area contributed by atoms with Crippen molar-refractivity contribution in [2.45, 2.75) is 25.9 Å². The van der Waals surface area contributed by atoms with Crippen molar-refractivity contribution in [1.82, 2.24) is 10.6 Å². The Morgan fingerprint density at radius 1 is 1.27 bits per heavy atom. The van der Waals surface area contributed by atoms with Crippen LogP contribution in [-0.4, -0.2) is 19.7 Å². The summed E-state index contributed by atoms with van der Waals surface area (Å²) in [6.07, 6.45) is 0.944. The Bertz CT molecular complexity index is 167. The Hall–Kier alpha value is -0.860. The third-order valence-electron chi connectivity index (χ3n) is 1.78. The fourth-order valence-corrected chi connectivity index (χ4v) is 1.28. The predicted octanol–water partition coefficient (Wildman–Crippen LogP) is 0.793. The minimum absolute atomic E-state index is 0.0588. The maximum atomic E-state index is 5.61. The van der Waals surface area contributed by atoms with Gasteiger partial charge in [-0.15, -0.1) is 0 Å². The number of ether oxygens (including phenoxy) is 1. The molecular weight excluding hydrogens is 140 g/mol. The summed E-state index contributed by atoms with van der Waals surface area (Å²) in [5, 5.41) is 6.13. The van der Waals surface area contributed by atoms with Crippen molar-refractivity contribution in [1.29, 1.82) is 0 Å². The fourth-order valence-electron chi connectivity index (χ4n) is 1.28.